The van der Waals surface area contributed by atoms with Crippen LogP contribution in [0.25, 0.3) is 0 Å². The van der Waals surface area contributed by atoms with Gasteiger partial charge in [0, 0.05) is 26.1 Å². The lowest BCUT2D eigenvalue weighted by Crippen LogP contribution is -2.47. The van der Waals surface area contributed by atoms with E-state index in [1.54, 1.807) is 0 Å². The molecule has 1 amide bonds. The van der Waals surface area contributed by atoms with Gasteiger partial charge >= 0.3 is 0 Å². The van der Waals surface area contributed by atoms with Gasteiger partial charge in [0.15, 0.2) is 0 Å². The van der Waals surface area contributed by atoms with Crippen molar-refractivity contribution in [2.24, 2.45) is 11.7 Å². The highest BCUT2D eigenvalue weighted by molar-refractivity contribution is 5.74. The molecule has 0 radical (unpaired) electrons. The number of primary amides is 1. The SMILES string of the molecule is NC(=O)CC1CN(Cc2ccccc2)C1. The summed E-state index contributed by atoms with van der Waals surface area (Å²) in [5.74, 6) is 0.297. The Morgan fingerprint density at radius 2 is 2.00 bits per heavy atom. The van der Waals surface area contributed by atoms with Gasteiger partial charge in [-0.15, -0.1) is 0 Å². The van der Waals surface area contributed by atoms with Gasteiger partial charge in [-0.05, 0) is 11.5 Å². The Hall–Kier alpha value is -1.35. The second-order valence-electron chi connectivity index (χ2n) is 4.22. The maximum Gasteiger partial charge on any atom is 0.217 e. The minimum Gasteiger partial charge on any atom is -0.370 e. The summed E-state index contributed by atoms with van der Waals surface area (Å²) >= 11 is 0. The van der Waals surface area contributed by atoms with Crippen LogP contribution in [0.15, 0.2) is 30.3 Å². The average molecular weight is 204 g/mol. The van der Waals surface area contributed by atoms with Crippen LogP contribution < -0.4 is 5.73 Å². The molecule has 1 aliphatic heterocycles. The van der Waals surface area contributed by atoms with E-state index in [1.807, 2.05) is 6.07 Å². The fourth-order valence-electron chi connectivity index (χ4n) is 2.06. The van der Waals surface area contributed by atoms with Gasteiger partial charge in [-0.3, -0.25) is 9.69 Å². The lowest BCUT2D eigenvalue weighted by molar-refractivity contribution is -0.120. The molecule has 2 rings (SSSR count). The molecule has 80 valence electrons. The fourth-order valence-corrected chi connectivity index (χ4v) is 2.06. The van der Waals surface area contributed by atoms with Gasteiger partial charge in [-0.1, -0.05) is 30.3 Å². The van der Waals surface area contributed by atoms with Crippen molar-refractivity contribution in [1.29, 1.82) is 0 Å². The average Bonchev–Trinajstić information content (AvgIpc) is 2.15. The third-order valence-corrected chi connectivity index (χ3v) is 2.77. The highest BCUT2D eigenvalue weighted by Crippen LogP contribution is 2.20. The second kappa shape index (κ2) is 4.45. The van der Waals surface area contributed by atoms with Crippen LogP contribution in [0, 0.1) is 5.92 Å². The molecule has 1 heterocycles. The van der Waals surface area contributed by atoms with E-state index in [0.29, 0.717) is 12.3 Å². The van der Waals surface area contributed by atoms with Gasteiger partial charge in [0.05, 0.1) is 0 Å². The first-order valence-corrected chi connectivity index (χ1v) is 5.28. The molecule has 2 N–H and O–H groups in total. The highest BCUT2D eigenvalue weighted by Gasteiger charge is 2.27. The van der Waals surface area contributed by atoms with Crippen LogP contribution in [-0.2, 0) is 11.3 Å². The first-order valence-electron chi connectivity index (χ1n) is 5.28. The summed E-state index contributed by atoms with van der Waals surface area (Å²) in [6.07, 6.45) is 0.533. The molecule has 1 saturated heterocycles. The van der Waals surface area contributed by atoms with E-state index in [1.165, 1.54) is 5.56 Å². The number of carbonyl (C=O) groups excluding carboxylic acids is 1. The van der Waals surface area contributed by atoms with Crippen LogP contribution in [-0.4, -0.2) is 23.9 Å². The maximum atomic E-state index is 10.7. The number of amides is 1. The number of hydrogen-bond acceptors (Lipinski definition) is 2. The van der Waals surface area contributed by atoms with E-state index in [-0.39, 0.29) is 5.91 Å². The lowest BCUT2D eigenvalue weighted by atomic mass is 9.95. The number of benzene rings is 1. The molecule has 1 fully saturated rings. The maximum absolute atomic E-state index is 10.7. The molecule has 0 aliphatic carbocycles. The Kier molecular flexibility index (Phi) is 3.02. The third-order valence-electron chi connectivity index (χ3n) is 2.77. The number of rotatable bonds is 4. The minimum atomic E-state index is -0.181. The third kappa shape index (κ3) is 2.80. The molecule has 3 nitrogen and oxygen atoms in total. The largest absolute Gasteiger partial charge is 0.370 e. The number of nitrogens with zero attached hydrogens (tertiary/aromatic N) is 1. The van der Waals surface area contributed by atoms with E-state index in [9.17, 15) is 4.79 Å². The summed E-state index contributed by atoms with van der Waals surface area (Å²) in [6, 6.07) is 10.4. The number of likely N-dealkylation sites (tertiary alicyclic amines) is 1. The molecule has 0 bridgehead atoms. The molecule has 0 saturated carbocycles. The van der Waals surface area contributed by atoms with Crippen LogP contribution >= 0.6 is 0 Å². The number of nitrogens with two attached hydrogens (primary N) is 1. The molecule has 0 atom stereocenters. The monoisotopic (exact) mass is 204 g/mol. The van der Waals surface area contributed by atoms with E-state index >= 15 is 0 Å². The van der Waals surface area contributed by atoms with Crippen molar-refractivity contribution >= 4 is 5.91 Å². The molecule has 1 aromatic carbocycles. The van der Waals surface area contributed by atoms with E-state index in [2.05, 4.69) is 29.2 Å². The van der Waals surface area contributed by atoms with Crippen molar-refractivity contribution in [2.75, 3.05) is 13.1 Å². The Balaban J connectivity index is 1.74. The summed E-state index contributed by atoms with van der Waals surface area (Å²) in [5, 5.41) is 0. The van der Waals surface area contributed by atoms with E-state index in [4.69, 9.17) is 5.73 Å². The number of hydrogen-bond donors (Lipinski definition) is 1. The Morgan fingerprint density at radius 3 is 2.60 bits per heavy atom. The quantitative estimate of drug-likeness (QED) is 0.795. The van der Waals surface area contributed by atoms with Crippen LogP contribution in [0.3, 0.4) is 0 Å². The van der Waals surface area contributed by atoms with Gasteiger partial charge in [-0.2, -0.15) is 0 Å². The fraction of sp³-hybridized carbons (Fsp3) is 0.417. The summed E-state index contributed by atoms with van der Waals surface area (Å²) < 4.78 is 0. The Labute approximate surface area is 89.9 Å². The van der Waals surface area contributed by atoms with Crippen LogP contribution in [0.5, 0.6) is 0 Å². The summed E-state index contributed by atoms with van der Waals surface area (Å²) in [6.45, 7) is 2.98. The number of carbonyl (C=O) groups is 1. The zero-order chi connectivity index (χ0) is 10.7. The molecule has 1 aromatic rings. The van der Waals surface area contributed by atoms with Gasteiger partial charge in [0.2, 0.25) is 5.91 Å². The van der Waals surface area contributed by atoms with Crippen molar-refractivity contribution in [1.82, 2.24) is 4.90 Å². The first kappa shape index (κ1) is 10.2. The molecule has 3 heteroatoms. The van der Waals surface area contributed by atoms with Crippen LogP contribution in [0.1, 0.15) is 12.0 Å². The van der Waals surface area contributed by atoms with E-state index in [0.717, 1.165) is 19.6 Å². The summed E-state index contributed by atoms with van der Waals surface area (Å²) in [5.41, 5.74) is 6.47. The Morgan fingerprint density at radius 1 is 1.33 bits per heavy atom. The van der Waals surface area contributed by atoms with Crippen molar-refractivity contribution in [3.8, 4) is 0 Å². The zero-order valence-electron chi connectivity index (χ0n) is 8.73. The molecule has 0 aromatic heterocycles. The van der Waals surface area contributed by atoms with Crippen molar-refractivity contribution < 1.29 is 4.79 Å². The normalized spacial score (nSPS) is 17.3. The lowest BCUT2D eigenvalue weighted by Gasteiger charge is -2.38. The van der Waals surface area contributed by atoms with E-state index < -0.39 is 0 Å². The first-order chi connectivity index (χ1) is 7.24. The molecular formula is C12H16N2O. The van der Waals surface area contributed by atoms with Gasteiger partial charge in [0.25, 0.3) is 0 Å². The van der Waals surface area contributed by atoms with Gasteiger partial charge in [-0.25, -0.2) is 0 Å². The highest BCUT2D eigenvalue weighted by atomic mass is 16.1. The van der Waals surface area contributed by atoms with Crippen molar-refractivity contribution in [3.05, 3.63) is 35.9 Å². The van der Waals surface area contributed by atoms with Gasteiger partial charge < -0.3 is 5.73 Å². The van der Waals surface area contributed by atoms with Crippen LogP contribution in [0.2, 0.25) is 0 Å². The topological polar surface area (TPSA) is 46.3 Å². The Bertz CT molecular complexity index is 331. The van der Waals surface area contributed by atoms with Crippen molar-refractivity contribution in [3.63, 3.8) is 0 Å². The zero-order valence-corrected chi connectivity index (χ0v) is 8.73. The van der Waals surface area contributed by atoms with Crippen molar-refractivity contribution in [2.45, 2.75) is 13.0 Å². The van der Waals surface area contributed by atoms with Crippen LogP contribution in [0.4, 0.5) is 0 Å². The smallest absolute Gasteiger partial charge is 0.217 e. The predicted molar refractivity (Wildman–Crippen MR) is 59.0 cm³/mol. The molecule has 1 aliphatic rings. The predicted octanol–water partition coefficient (Wildman–Crippen LogP) is 0.994. The molecule has 0 unspecified atom stereocenters. The molecular weight excluding hydrogens is 188 g/mol. The van der Waals surface area contributed by atoms with Gasteiger partial charge in [0.1, 0.15) is 0 Å². The summed E-state index contributed by atoms with van der Waals surface area (Å²) in [7, 11) is 0. The molecule has 0 spiro atoms. The minimum absolute atomic E-state index is 0.181. The second-order valence-corrected chi connectivity index (χ2v) is 4.22. The summed E-state index contributed by atoms with van der Waals surface area (Å²) in [4.78, 5) is 13.0. The standard InChI is InChI=1S/C12H16N2O/c13-12(15)6-11-8-14(9-11)7-10-4-2-1-3-5-10/h1-5,11H,6-9H2,(H2,13,15). The molecule has 15 heavy (non-hydrogen) atoms.